The summed E-state index contributed by atoms with van der Waals surface area (Å²) in [6.07, 6.45) is -1.16. The third kappa shape index (κ3) is 3.35. The SMILES string of the molecule is CCOc1nc(N)nc2c1ncn2[C@@H]1O[C@H](CO[P+](C)=O)[C@@H](O)[C@@]1(C)Cl. The minimum Gasteiger partial charge on any atom is -0.476 e. The normalized spacial score (nSPS) is 29.3. The topological polar surface area (TPSA) is 135 Å². The molecule has 1 aliphatic rings. The maximum atomic E-state index is 11.2. The quantitative estimate of drug-likeness (QED) is 0.541. The number of imidazole rings is 1. The molecule has 5 atom stereocenters. The van der Waals surface area contributed by atoms with Gasteiger partial charge in [0, 0.05) is 0 Å². The molecule has 0 aromatic carbocycles. The van der Waals surface area contributed by atoms with E-state index in [0.717, 1.165) is 0 Å². The fraction of sp³-hybridized carbons (Fsp3) is 0.643. The van der Waals surface area contributed by atoms with Crippen LogP contribution >= 0.6 is 19.6 Å². The molecule has 3 heterocycles. The number of anilines is 1. The Bertz CT molecular complexity index is 831. The van der Waals surface area contributed by atoms with E-state index < -0.39 is 31.3 Å². The van der Waals surface area contributed by atoms with E-state index in [0.29, 0.717) is 17.8 Å². The lowest BCUT2D eigenvalue weighted by molar-refractivity contribution is -0.0378. The van der Waals surface area contributed by atoms with Crippen LogP contribution in [-0.4, -0.2) is 61.6 Å². The first-order valence-electron chi connectivity index (χ1n) is 7.94. The summed E-state index contributed by atoms with van der Waals surface area (Å²) < 4.78 is 29.2. The molecule has 0 radical (unpaired) electrons. The van der Waals surface area contributed by atoms with Crippen molar-refractivity contribution in [2.24, 2.45) is 0 Å². The first-order chi connectivity index (χ1) is 12.3. The number of hydrogen-bond acceptors (Lipinski definition) is 9. The zero-order valence-electron chi connectivity index (χ0n) is 14.5. The fourth-order valence-corrected chi connectivity index (χ4v) is 3.50. The summed E-state index contributed by atoms with van der Waals surface area (Å²) in [6.45, 7) is 5.21. The van der Waals surface area contributed by atoms with E-state index in [2.05, 4.69) is 15.0 Å². The number of alkyl halides is 1. The molecule has 26 heavy (non-hydrogen) atoms. The predicted molar refractivity (Wildman–Crippen MR) is 94.6 cm³/mol. The first kappa shape index (κ1) is 19.2. The zero-order chi connectivity index (χ0) is 19.1. The van der Waals surface area contributed by atoms with Gasteiger partial charge in [-0.3, -0.25) is 4.57 Å². The van der Waals surface area contributed by atoms with Crippen LogP contribution in [0.15, 0.2) is 6.33 Å². The van der Waals surface area contributed by atoms with Crippen molar-refractivity contribution in [1.82, 2.24) is 19.5 Å². The molecule has 1 saturated heterocycles. The van der Waals surface area contributed by atoms with Gasteiger partial charge in [-0.1, -0.05) is 0 Å². The number of aliphatic hydroxyl groups excluding tert-OH is 1. The van der Waals surface area contributed by atoms with Crippen molar-refractivity contribution in [3.8, 4) is 5.88 Å². The number of halogens is 1. The number of nitrogens with two attached hydrogens (primary N) is 1. The molecule has 2 aromatic heterocycles. The predicted octanol–water partition coefficient (Wildman–Crippen LogP) is 1.45. The molecule has 3 N–H and O–H groups in total. The minimum absolute atomic E-state index is 0.0142. The molecule has 2 aromatic rings. The Morgan fingerprint density at radius 1 is 1.54 bits per heavy atom. The molecule has 1 aliphatic heterocycles. The highest BCUT2D eigenvalue weighted by Crippen LogP contribution is 2.45. The van der Waals surface area contributed by atoms with Gasteiger partial charge < -0.3 is 20.3 Å². The molecular weight excluding hydrogens is 385 g/mol. The Hall–Kier alpha value is -1.58. The van der Waals surface area contributed by atoms with Gasteiger partial charge in [0.25, 0.3) is 0 Å². The summed E-state index contributed by atoms with van der Waals surface area (Å²) in [7, 11) is -1.82. The van der Waals surface area contributed by atoms with E-state index in [1.54, 1.807) is 11.5 Å². The van der Waals surface area contributed by atoms with Crippen molar-refractivity contribution in [2.75, 3.05) is 25.6 Å². The lowest BCUT2D eigenvalue weighted by atomic mass is 10.0. The van der Waals surface area contributed by atoms with Crippen LogP contribution in [0.2, 0.25) is 0 Å². The Morgan fingerprint density at radius 2 is 2.27 bits per heavy atom. The van der Waals surface area contributed by atoms with E-state index >= 15 is 0 Å². The summed E-state index contributed by atoms with van der Waals surface area (Å²) >= 11 is 6.57. The van der Waals surface area contributed by atoms with Crippen LogP contribution < -0.4 is 10.5 Å². The second kappa shape index (κ2) is 7.21. The van der Waals surface area contributed by atoms with Gasteiger partial charge in [0.05, 0.1) is 12.9 Å². The number of aliphatic hydroxyl groups is 1. The maximum Gasteiger partial charge on any atom is 0.504 e. The molecule has 0 amide bonds. The van der Waals surface area contributed by atoms with Crippen LogP contribution in [-0.2, 0) is 13.8 Å². The Labute approximate surface area is 155 Å². The Balaban J connectivity index is 1.99. The lowest BCUT2D eigenvalue weighted by Crippen LogP contribution is -2.39. The number of nitrogen functional groups attached to an aromatic ring is 1. The minimum atomic E-state index is -1.82. The standard InChI is InChI=1S/C14H20ClN5O5P/c1-4-23-11-8-10(18-13(16)19-11)20(6-17-8)12-14(2,15)9(21)7(25-12)5-24-26(3)22/h6-7,9,12,21H,4-5H2,1-3H3,(H2,16,18,19)/q+1/t7-,9-,12-,14-/m1/s1. The molecular formula is C14H20ClN5O5P+. The van der Waals surface area contributed by atoms with Gasteiger partial charge >= 0.3 is 8.03 Å². The van der Waals surface area contributed by atoms with Gasteiger partial charge in [-0.2, -0.15) is 9.97 Å². The van der Waals surface area contributed by atoms with Crippen LogP contribution in [0.25, 0.3) is 11.2 Å². The summed E-state index contributed by atoms with van der Waals surface area (Å²) in [4.78, 5) is 11.3. The van der Waals surface area contributed by atoms with Gasteiger partial charge in [-0.05, 0) is 18.4 Å². The summed E-state index contributed by atoms with van der Waals surface area (Å²) in [5.41, 5.74) is 6.54. The number of rotatable bonds is 6. The van der Waals surface area contributed by atoms with Gasteiger partial charge in [0.2, 0.25) is 11.8 Å². The number of aromatic nitrogens is 4. The van der Waals surface area contributed by atoms with Crippen molar-refractivity contribution in [3.05, 3.63) is 6.33 Å². The number of fused-ring (bicyclic) bond motifs is 1. The highest BCUT2D eigenvalue weighted by atomic mass is 35.5. The van der Waals surface area contributed by atoms with E-state index in [4.69, 9.17) is 31.3 Å². The van der Waals surface area contributed by atoms with Gasteiger partial charge in [0.1, 0.15) is 23.7 Å². The van der Waals surface area contributed by atoms with Crippen LogP contribution in [0, 0.1) is 0 Å². The van der Waals surface area contributed by atoms with E-state index in [1.807, 2.05) is 6.92 Å². The van der Waals surface area contributed by atoms with Crippen LogP contribution in [0.1, 0.15) is 20.1 Å². The highest BCUT2D eigenvalue weighted by molar-refractivity contribution is 7.38. The Kier molecular flexibility index (Phi) is 5.32. The van der Waals surface area contributed by atoms with E-state index in [1.165, 1.54) is 13.0 Å². The van der Waals surface area contributed by atoms with Crippen molar-refractivity contribution in [2.45, 2.75) is 37.2 Å². The number of ether oxygens (including phenoxy) is 2. The first-order valence-corrected chi connectivity index (χ1v) is 9.95. The van der Waals surface area contributed by atoms with Crippen molar-refractivity contribution >= 4 is 36.7 Å². The van der Waals surface area contributed by atoms with Gasteiger partial charge in [-0.15, -0.1) is 16.1 Å². The second-order valence-electron chi connectivity index (χ2n) is 6.00. The molecule has 3 rings (SSSR count). The third-order valence-corrected chi connectivity index (χ3v) is 5.00. The average molecular weight is 405 g/mol. The zero-order valence-corrected chi connectivity index (χ0v) is 16.1. The van der Waals surface area contributed by atoms with Crippen molar-refractivity contribution in [3.63, 3.8) is 0 Å². The molecule has 12 heteroatoms. The van der Waals surface area contributed by atoms with Crippen LogP contribution in [0.3, 0.4) is 0 Å². The van der Waals surface area contributed by atoms with Crippen LogP contribution in [0.4, 0.5) is 5.95 Å². The number of hydrogen-bond donors (Lipinski definition) is 2. The maximum absolute atomic E-state index is 11.2. The average Bonchev–Trinajstić information content (AvgIpc) is 3.06. The molecule has 0 spiro atoms. The van der Waals surface area contributed by atoms with Crippen LogP contribution in [0.5, 0.6) is 5.88 Å². The monoisotopic (exact) mass is 404 g/mol. The van der Waals surface area contributed by atoms with Crippen molar-refractivity contribution in [1.29, 1.82) is 0 Å². The van der Waals surface area contributed by atoms with E-state index in [9.17, 15) is 9.67 Å². The molecule has 0 bridgehead atoms. The smallest absolute Gasteiger partial charge is 0.476 e. The molecule has 1 unspecified atom stereocenters. The molecule has 1 fully saturated rings. The van der Waals surface area contributed by atoms with Gasteiger partial charge in [0.15, 0.2) is 24.1 Å². The van der Waals surface area contributed by atoms with Crippen molar-refractivity contribution < 1.29 is 23.7 Å². The van der Waals surface area contributed by atoms with Gasteiger partial charge in [-0.25, -0.2) is 4.98 Å². The largest absolute Gasteiger partial charge is 0.504 e. The summed E-state index contributed by atoms with van der Waals surface area (Å²) in [5, 5.41) is 10.5. The molecule has 0 saturated carbocycles. The molecule has 142 valence electrons. The third-order valence-electron chi connectivity index (χ3n) is 4.08. The fourth-order valence-electron chi connectivity index (χ4n) is 2.84. The molecule has 0 aliphatic carbocycles. The summed E-state index contributed by atoms with van der Waals surface area (Å²) in [5.74, 6) is 0.270. The highest BCUT2D eigenvalue weighted by Gasteiger charge is 2.54. The second-order valence-corrected chi connectivity index (χ2v) is 7.95. The molecule has 10 nitrogen and oxygen atoms in total. The number of nitrogens with zero attached hydrogens (tertiary/aromatic N) is 4. The van der Waals surface area contributed by atoms with E-state index in [-0.39, 0.29) is 18.4 Å². The summed E-state index contributed by atoms with van der Waals surface area (Å²) in [6, 6.07) is 0. The Morgan fingerprint density at radius 3 is 2.92 bits per heavy atom. The lowest BCUT2D eigenvalue weighted by Gasteiger charge is -2.26.